The van der Waals surface area contributed by atoms with E-state index in [1.165, 1.54) is 0 Å². The van der Waals surface area contributed by atoms with Gasteiger partial charge in [0, 0.05) is 39.8 Å². The molecule has 0 bridgehead atoms. The number of anilines is 1. The summed E-state index contributed by atoms with van der Waals surface area (Å²) in [6.45, 7) is 4.80. The van der Waals surface area contributed by atoms with Crippen LogP contribution in [0.4, 0.5) is 5.69 Å². The maximum atomic E-state index is 10.2. The molecule has 0 fully saturated rings. The van der Waals surface area contributed by atoms with E-state index in [1.807, 2.05) is 31.2 Å². The summed E-state index contributed by atoms with van der Waals surface area (Å²) in [5.41, 5.74) is 8.45. The van der Waals surface area contributed by atoms with Gasteiger partial charge in [-0.05, 0) is 37.5 Å². The molecule has 1 unspecified atom stereocenters. The lowest BCUT2D eigenvalue weighted by atomic mass is 10.2. The lowest BCUT2D eigenvalue weighted by Gasteiger charge is -2.16. The van der Waals surface area contributed by atoms with Crippen LogP contribution in [0.5, 0.6) is 0 Å². The van der Waals surface area contributed by atoms with Crippen molar-refractivity contribution in [1.29, 1.82) is 0 Å². The highest BCUT2D eigenvalue weighted by molar-refractivity contribution is 5.49. The first kappa shape index (κ1) is 26.9. The van der Waals surface area contributed by atoms with Crippen molar-refractivity contribution in [3.63, 3.8) is 0 Å². The van der Waals surface area contributed by atoms with Crippen molar-refractivity contribution in [2.24, 2.45) is 5.73 Å². The number of nitrogens with one attached hydrogen (secondary N) is 2. The Kier molecular flexibility index (Phi) is 16.6. The Morgan fingerprint density at radius 2 is 1.79 bits per heavy atom. The van der Waals surface area contributed by atoms with Gasteiger partial charge in [-0.15, -0.1) is 0 Å². The normalized spacial score (nSPS) is 12.1. The van der Waals surface area contributed by atoms with E-state index in [0.29, 0.717) is 25.3 Å². The Bertz CT molecular complexity index is 548. The van der Waals surface area contributed by atoms with Gasteiger partial charge < -0.3 is 35.3 Å². The van der Waals surface area contributed by atoms with Crippen LogP contribution < -0.4 is 16.4 Å². The van der Waals surface area contributed by atoms with Gasteiger partial charge >= 0.3 is 0 Å². The van der Waals surface area contributed by atoms with Crippen LogP contribution in [-0.4, -0.2) is 46.9 Å². The summed E-state index contributed by atoms with van der Waals surface area (Å²) in [6, 6.07) is 7.72. The van der Waals surface area contributed by atoms with E-state index in [4.69, 9.17) is 15.2 Å². The summed E-state index contributed by atoms with van der Waals surface area (Å²) < 4.78 is 20.2. The molecule has 1 aromatic rings. The summed E-state index contributed by atoms with van der Waals surface area (Å²) in [7, 11) is 4.85. The number of rotatable bonds is 14. The number of amides is 1. The first-order chi connectivity index (χ1) is 14.0. The van der Waals surface area contributed by atoms with E-state index < -0.39 is 0 Å². The first-order valence-corrected chi connectivity index (χ1v) is 9.67. The Morgan fingerprint density at radius 1 is 1.14 bits per heavy atom. The highest BCUT2D eigenvalue weighted by Gasteiger charge is 2.06. The van der Waals surface area contributed by atoms with Gasteiger partial charge in [0.1, 0.15) is 0 Å². The molecule has 0 aliphatic carbocycles. The second kappa shape index (κ2) is 17.9. The first-order valence-electron chi connectivity index (χ1n) is 9.67. The second-order valence-electron chi connectivity index (χ2n) is 6.22. The van der Waals surface area contributed by atoms with Crippen molar-refractivity contribution in [1.82, 2.24) is 5.32 Å². The van der Waals surface area contributed by atoms with Crippen molar-refractivity contribution >= 4 is 12.1 Å². The fraction of sp³-hybridized carbons (Fsp3) is 0.571. The molecule has 29 heavy (non-hydrogen) atoms. The summed E-state index contributed by atoms with van der Waals surface area (Å²) >= 11 is 0. The second-order valence-corrected chi connectivity index (χ2v) is 6.22. The number of carbonyl (C=O) groups is 1. The van der Waals surface area contributed by atoms with Crippen LogP contribution in [0.1, 0.15) is 38.7 Å². The highest BCUT2D eigenvalue weighted by Crippen LogP contribution is 2.10. The van der Waals surface area contributed by atoms with Crippen LogP contribution in [0.15, 0.2) is 36.2 Å². The molecule has 0 radical (unpaired) electrons. The topological polar surface area (TPSA) is 104 Å². The van der Waals surface area contributed by atoms with Gasteiger partial charge in [0.2, 0.25) is 6.41 Å². The van der Waals surface area contributed by atoms with Crippen LogP contribution in [0, 0.1) is 0 Å². The summed E-state index contributed by atoms with van der Waals surface area (Å²) in [4.78, 5) is 10.2. The zero-order chi connectivity index (χ0) is 21.9. The van der Waals surface area contributed by atoms with E-state index in [-0.39, 0.29) is 12.6 Å². The monoisotopic (exact) mass is 411 g/mol. The number of unbranched alkanes of at least 4 members (excludes halogenated alkanes) is 1. The molecule has 0 heterocycles. The van der Waals surface area contributed by atoms with E-state index >= 15 is 0 Å². The maximum Gasteiger partial charge on any atom is 0.207 e. The molecule has 0 spiro atoms. The largest absolute Gasteiger partial charge is 0.399 e. The lowest BCUT2D eigenvalue weighted by Crippen LogP contribution is -2.19. The van der Waals surface area contributed by atoms with Gasteiger partial charge in [0.05, 0.1) is 12.3 Å². The van der Waals surface area contributed by atoms with E-state index in [1.54, 1.807) is 27.5 Å². The average molecular weight is 412 g/mol. The number of nitrogens with two attached hydrogens (primary N) is 1. The van der Waals surface area contributed by atoms with Gasteiger partial charge in [0.25, 0.3) is 0 Å². The molecule has 1 aromatic carbocycles. The molecule has 1 rings (SSSR count). The lowest BCUT2D eigenvalue weighted by molar-refractivity contribution is -0.121. The van der Waals surface area contributed by atoms with E-state index in [2.05, 4.69) is 27.0 Å². The number of ether oxygens (including phenoxy) is 4. The van der Waals surface area contributed by atoms with Gasteiger partial charge in [-0.1, -0.05) is 25.5 Å². The Balaban J connectivity index is 0.00000113. The van der Waals surface area contributed by atoms with Crippen LogP contribution >= 0.6 is 0 Å². The minimum absolute atomic E-state index is 0.0648. The van der Waals surface area contributed by atoms with Gasteiger partial charge in [-0.2, -0.15) is 0 Å². The molecule has 0 aliphatic heterocycles. The highest BCUT2D eigenvalue weighted by atomic mass is 16.7. The van der Waals surface area contributed by atoms with Crippen LogP contribution in [0.2, 0.25) is 0 Å². The van der Waals surface area contributed by atoms with Gasteiger partial charge in [-0.3, -0.25) is 4.79 Å². The van der Waals surface area contributed by atoms with Crippen LogP contribution in [-0.2, 0) is 30.3 Å². The summed E-state index contributed by atoms with van der Waals surface area (Å²) in [6.07, 6.45) is 5.15. The molecular weight excluding hydrogens is 374 g/mol. The van der Waals surface area contributed by atoms with E-state index in [0.717, 1.165) is 30.5 Å². The number of carbonyl (C=O) groups excluding carboxylic acids is 1. The van der Waals surface area contributed by atoms with Crippen molar-refractivity contribution in [2.75, 3.05) is 33.3 Å². The maximum absolute atomic E-state index is 10.2. The molecule has 4 N–H and O–H groups in total. The summed E-state index contributed by atoms with van der Waals surface area (Å²) in [5.74, 6) is 0. The quantitative estimate of drug-likeness (QED) is 0.319. The zero-order valence-electron chi connectivity index (χ0n) is 18.3. The van der Waals surface area contributed by atoms with Crippen molar-refractivity contribution < 1.29 is 23.7 Å². The molecule has 0 aliphatic rings. The molecule has 166 valence electrons. The van der Waals surface area contributed by atoms with Gasteiger partial charge in [-0.25, -0.2) is 0 Å². The van der Waals surface area contributed by atoms with Crippen molar-refractivity contribution in [2.45, 2.75) is 52.2 Å². The molecule has 1 atom stereocenters. The SMILES string of the molecule is CCCCC(OC)OC/C(N)=C/Nc1ccc(CNC=O)cc1.COC(C)OC. The van der Waals surface area contributed by atoms with Crippen molar-refractivity contribution in [3.8, 4) is 0 Å². The number of hydrogen-bond acceptors (Lipinski definition) is 7. The molecule has 0 saturated carbocycles. The Hall–Kier alpha value is -2.13. The van der Waals surface area contributed by atoms with Crippen LogP contribution in [0.3, 0.4) is 0 Å². The molecule has 8 heteroatoms. The zero-order valence-corrected chi connectivity index (χ0v) is 18.3. The number of benzene rings is 1. The fourth-order valence-corrected chi connectivity index (χ4v) is 2.02. The third-order valence-electron chi connectivity index (χ3n) is 3.92. The molecular formula is C21H37N3O5. The third kappa shape index (κ3) is 14.5. The molecule has 8 nitrogen and oxygen atoms in total. The smallest absolute Gasteiger partial charge is 0.207 e. The molecule has 1 amide bonds. The minimum atomic E-state index is -0.216. The standard InChI is InChI=1S/C17H27N3O3.C4H10O2/c1-3-4-5-17(22-2)23-12-15(18)11-20-16-8-6-14(7-9-16)10-19-13-21;1-4(5-2)6-3/h6-9,11,13,17,20H,3-5,10,12,18H2,1-2H3,(H,19,21);4H,1-3H3/b15-11-;. The average Bonchev–Trinajstić information content (AvgIpc) is 2.76. The summed E-state index contributed by atoms with van der Waals surface area (Å²) in [5, 5.41) is 5.74. The molecule has 0 saturated heterocycles. The predicted molar refractivity (Wildman–Crippen MR) is 115 cm³/mol. The Morgan fingerprint density at radius 3 is 2.28 bits per heavy atom. The number of methoxy groups -OCH3 is 3. The Labute approximate surface area is 174 Å². The fourth-order valence-electron chi connectivity index (χ4n) is 2.02. The number of hydrogen-bond donors (Lipinski definition) is 3. The van der Waals surface area contributed by atoms with Crippen molar-refractivity contribution in [3.05, 3.63) is 41.7 Å². The third-order valence-corrected chi connectivity index (χ3v) is 3.92. The van der Waals surface area contributed by atoms with Gasteiger partial charge in [0.15, 0.2) is 12.6 Å². The molecule has 0 aromatic heterocycles. The predicted octanol–water partition coefficient (Wildman–Crippen LogP) is 2.95. The van der Waals surface area contributed by atoms with Crippen LogP contribution in [0.25, 0.3) is 0 Å². The van der Waals surface area contributed by atoms with E-state index in [9.17, 15) is 4.79 Å². The minimum Gasteiger partial charge on any atom is -0.399 e.